The highest BCUT2D eigenvalue weighted by molar-refractivity contribution is 7.13. The third-order valence-electron chi connectivity index (χ3n) is 4.11. The van der Waals surface area contributed by atoms with Gasteiger partial charge in [-0.25, -0.2) is 4.98 Å². The van der Waals surface area contributed by atoms with E-state index in [0.29, 0.717) is 27.5 Å². The molecule has 2 amide bonds. The highest BCUT2D eigenvalue weighted by atomic mass is 32.1. The van der Waals surface area contributed by atoms with Gasteiger partial charge in [0.2, 0.25) is 0 Å². The summed E-state index contributed by atoms with van der Waals surface area (Å²) in [6.45, 7) is 7.39. The van der Waals surface area contributed by atoms with E-state index in [-0.39, 0.29) is 11.8 Å². The van der Waals surface area contributed by atoms with Crippen molar-refractivity contribution < 1.29 is 9.59 Å². The average molecular weight is 380 g/mol. The summed E-state index contributed by atoms with van der Waals surface area (Å²) in [5.41, 5.74) is 4.02. The molecule has 0 aliphatic heterocycles. The van der Waals surface area contributed by atoms with Gasteiger partial charge in [-0.05, 0) is 57.5 Å². The average Bonchev–Trinajstić information content (AvgIpc) is 2.97. The van der Waals surface area contributed by atoms with Crippen molar-refractivity contribution in [2.24, 2.45) is 0 Å². The van der Waals surface area contributed by atoms with Gasteiger partial charge in [0.25, 0.3) is 11.8 Å². The highest BCUT2D eigenvalue weighted by Crippen LogP contribution is 2.22. The molecule has 0 unspecified atom stereocenters. The Bertz CT molecular complexity index is 1030. The maximum absolute atomic E-state index is 12.6. The predicted octanol–water partition coefficient (Wildman–Crippen LogP) is 4.28. The Morgan fingerprint density at radius 1 is 0.926 bits per heavy atom. The summed E-state index contributed by atoms with van der Waals surface area (Å²) in [4.78, 5) is 34.2. The largest absolute Gasteiger partial charge is 0.321 e. The van der Waals surface area contributed by atoms with Crippen molar-refractivity contribution in [1.29, 1.82) is 0 Å². The molecule has 138 valence electrons. The number of amides is 2. The monoisotopic (exact) mass is 380 g/mol. The van der Waals surface area contributed by atoms with E-state index < -0.39 is 0 Å². The number of hydrogen-bond donors (Lipinski definition) is 2. The van der Waals surface area contributed by atoms with Crippen LogP contribution >= 0.6 is 11.3 Å². The first kappa shape index (κ1) is 18.7. The lowest BCUT2D eigenvalue weighted by Gasteiger charge is -2.11. The molecule has 0 aliphatic rings. The number of anilines is 2. The summed E-state index contributed by atoms with van der Waals surface area (Å²) in [6.07, 6.45) is 1.67. The molecule has 0 aliphatic carbocycles. The number of nitrogens with zero attached hydrogens (tertiary/aromatic N) is 2. The first-order valence-electron chi connectivity index (χ1n) is 8.44. The standard InChI is InChI=1S/C20H20N4O2S/c1-11-7-8-15(19(25)23-16-6-5-9-21-12(16)2)10-17(11)24-20(26)18-13(3)22-14(4)27-18/h5-10H,1-4H3,(H,23,25)(H,24,26). The van der Waals surface area contributed by atoms with Gasteiger partial charge in [-0.15, -0.1) is 11.3 Å². The van der Waals surface area contributed by atoms with Crippen LogP contribution in [0.3, 0.4) is 0 Å². The van der Waals surface area contributed by atoms with Crippen molar-refractivity contribution in [3.05, 3.63) is 68.9 Å². The Balaban J connectivity index is 1.82. The van der Waals surface area contributed by atoms with E-state index in [1.54, 1.807) is 30.5 Å². The summed E-state index contributed by atoms with van der Waals surface area (Å²) in [7, 11) is 0. The fourth-order valence-corrected chi connectivity index (χ4v) is 3.44. The van der Waals surface area contributed by atoms with Crippen LogP contribution in [0.4, 0.5) is 11.4 Å². The molecule has 0 saturated carbocycles. The van der Waals surface area contributed by atoms with E-state index in [9.17, 15) is 9.59 Å². The molecule has 3 rings (SSSR count). The SMILES string of the molecule is Cc1nc(C)c(C(=O)Nc2cc(C(=O)Nc3cccnc3C)ccc2C)s1. The van der Waals surface area contributed by atoms with Crippen molar-refractivity contribution in [3.8, 4) is 0 Å². The van der Waals surface area contributed by atoms with Crippen LogP contribution < -0.4 is 10.6 Å². The second-order valence-corrected chi connectivity index (χ2v) is 7.42. The van der Waals surface area contributed by atoms with Gasteiger partial charge in [0.1, 0.15) is 4.88 Å². The lowest BCUT2D eigenvalue weighted by Crippen LogP contribution is -2.16. The minimum Gasteiger partial charge on any atom is -0.321 e. The van der Waals surface area contributed by atoms with Gasteiger partial charge in [-0.2, -0.15) is 0 Å². The van der Waals surface area contributed by atoms with Crippen LogP contribution in [0.15, 0.2) is 36.5 Å². The highest BCUT2D eigenvalue weighted by Gasteiger charge is 2.16. The summed E-state index contributed by atoms with van der Waals surface area (Å²) in [5.74, 6) is -0.478. The number of nitrogens with one attached hydrogen (secondary N) is 2. The minimum atomic E-state index is -0.258. The van der Waals surface area contributed by atoms with Crippen molar-refractivity contribution in [2.45, 2.75) is 27.7 Å². The van der Waals surface area contributed by atoms with Crippen LogP contribution in [0, 0.1) is 27.7 Å². The van der Waals surface area contributed by atoms with Gasteiger partial charge in [0.15, 0.2) is 0 Å². The van der Waals surface area contributed by atoms with E-state index in [1.165, 1.54) is 11.3 Å². The number of aromatic nitrogens is 2. The van der Waals surface area contributed by atoms with Crippen LogP contribution in [0.2, 0.25) is 0 Å². The molecule has 6 nitrogen and oxygen atoms in total. The molecular formula is C20H20N4O2S. The number of rotatable bonds is 4. The number of carbonyl (C=O) groups is 2. The second kappa shape index (κ2) is 7.67. The van der Waals surface area contributed by atoms with Crippen LogP contribution in [-0.4, -0.2) is 21.8 Å². The van der Waals surface area contributed by atoms with Crippen LogP contribution in [0.25, 0.3) is 0 Å². The molecule has 3 aromatic rings. The summed E-state index contributed by atoms with van der Waals surface area (Å²) < 4.78 is 0. The van der Waals surface area contributed by atoms with Gasteiger partial charge >= 0.3 is 0 Å². The zero-order valence-electron chi connectivity index (χ0n) is 15.6. The van der Waals surface area contributed by atoms with Crippen LogP contribution in [-0.2, 0) is 0 Å². The van der Waals surface area contributed by atoms with Crippen molar-refractivity contribution >= 4 is 34.5 Å². The number of benzene rings is 1. The van der Waals surface area contributed by atoms with Crippen molar-refractivity contribution in [2.75, 3.05) is 10.6 Å². The smallest absolute Gasteiger partial charge is 0.267 e. The maximum atomic E-state index is 12.6. The van der Waals surface area contributed by atoms with E-state index in [2.05, 4.69) is 20.6 Å². The normalized spacial score (nSPS) is 10.5. The number of carbonyl (C=O) groups excluding carboxylic acids is 2. The van der Waals surface area contributed by atoms with E-state index >= 15 is 0 Å². The van der Waals surface area contributed by atoms with Crippen molar-refractivity contribution in [3.63, 3.8) is 0 Å². The maximum Gasteiger partial charge on any atom is 0.267 e. The fraction of sp³-hybridized carbons (Fsp3) is 0.200. The Morgan fingerprint density at radius 3 is 2.33 bits per heavy atom. The molecule has 0 atom stereocenters. The molecule has 7 heteroatoms. The van der Waals surface area contributed by atoms with Crippen LogP contribution in [0.5, 0.6) is 0 Å². The molecule has 1 aromatic carbocycles. The fourth-order valence-electron chi connectivity index (χ4n) is 2.63. The lowest BCUT2D eigenvalue weighted by atomic mass is 10.1. The topological polar surface area (TPSA) is 84.0 Å². The Hall–Kier alpha value is -3.06. The molecular weight excluding hydrogens is 360 g/mol. The molecule has 27 heavy (non-hydrogen) atoms. The summed E-state index contributed by atoms with van der Waals surface area (Å²) in [5, 5.41) is 6.58. The second-order valence-electron chi connectivity index (χ2n) is 6.22. The minimum absolute atomic E-state index is 0.220. The molecule has 0 radical (unpaired) electrons. The van der Waals surface area contributed by atoms with E-state index in [0.717, 1.165) is 16.3 Å². The Morgan fingerprint density at radius 2 is 1.67 bits per heavy atom. The number of hydrogen-bond acceptors (Lipinski definition) is 5. The third-order valence-corrected chi connectivity index (χ3v) is 5.18. The van der Waals surface area contributed by atoms with Gasteiger partial charge in [-0.1, -0.05) is 6.07 Å². The molecule has 0 saturated heterocycles. The third kappa shape index (κ3) is 4.20. The molecule has 2 N–H and O–H groups in total. The Labute approximate surface area is 161 Å². The molecule has 2 aromatic heterocycles. The van der Waals surface area contributed by atoms with Crippen molar-refractivity contribution in [1.82, 2.24) is 9.97 Å². The summed E-state index contributed by atoms with van der Waals surface area (Å²) >= 11 is 1.35. The summed E-state index contributed by atoms with van der Waals surface area (Å²) in [6, 6.07) is 8.78. The van der Waals surface area contributed by atoms with Gasteiger partial charge < -0.3 is 10.6 Å². The number of aryl methyl sites for hydroxylation is 4. The molecule has 2 heterocycles. The Kier molecular flexibility index (Phi) is 5.32. The zero-order chi connectivity index (χ0) is 19.6. The van der Waals surface area contributed by atoms with Gasteiger partial charge in [0.05, 0.1) is 22.1 Å². The predicted molar refractivity (Wildman–Crippen MR) is 108 cm³/mol. The molecule has 0 fully saturated rings. The van der Waals surface area contributed by atoms with Crippen LogP contribution in [0.1, 0.15) is 42.0 Å². The van der Waals surface area contributed by atoms with E-state index in [1.807, 2.05) is 33.8 Å². The number of pyridine rings is 1. The molecule has 0 spiro atoms. The lowest BCUT2D eigenvalue weighted by molar-refractivity contribution is 0.101. The van der Waals surface area contributed by atoms with Gasteiger partial charge in [0, 0.05) is 17.4 Å². The molecule has 0 bridgehead atoms. The van der Waals surface area contributed by atoms with Gasteiger partial charge in [-0.3, -0.25) is 14.6 Å². The van der Waals surface area contributed by atoms with E-state index in [4.69, 9.17) is 0 Å². The first-order chi connectivity index (χ1) is 12.8. The zero-order valence-corrected chi connectivity index (χ0v) is 16.4. The quantitative estimate of drug-likeness (QED) is 0.708. The number of thiazole rings is 1. The first-order valence-corrected chi connectivity index (χ1v) is 9.26.